The summed E-state index contributed by atoms with van der Waals surface area (Å²) >= 11 is 0. The molecule has 172 valence electrons. The van der Waals surface area contributed by atoms with Gasteiger partial charge in [-0.15, -0.1) is 0 Å². The van der Waals surface area contributed by atoms with E-state index in [1.807, 2.05) is 26.0 Å². The van der Waals surface area contributed by atoms with Gasteiger partial charge in [0.2, 0.25) is 0 Å². The van der Waals surface area contributed by atoms with Crippen LogP contribution in [0.15, 0.2) is 23.0 Å². The molecule has 6 nitrogen and oxygen atoms in total. The van der Waals surface area contributed by atoms with Gasteiger partial charge in [-0.1, -0.05) is 26.0 Å². The van der Waals surface area contributed by atoms with Crippen molar-refractivity contribution in [3.05, 3.63) is 50.7 Å². The van der Waals surface area contributed by atoms with E-state index in [1.54, 1.807) is 13.8 Å². The molecule has 0 amide bonds. The van der Waals surface area contributed by atoms with Crippen LogP contribution in [0.1, 0.15) is 67.6 Å². The van der Waals surface area contributed by atoms with E-state index >= 15 is 0 Å². The number of hydrogen-bond acceptors (Lipinski definition) is 6. The highest BCUT2D eigenvalue weighted by Gasteiger charge is 2.65. The third kappa shape index (κ3) is 2.95. The molecule has 0 N–H and O–H groups in total. The second-order valence-electron chi connectivity index (χ2n) is 10.3. The zero-order valence-corrected chi connectivity index (χ0v) is 20.0. The van der Waals surface area contributed by atoms with E-state index in [9.17, 15) is 14.4 Å². The topological polar surface area (TPSA) is 78.9 Å². The predicted octanol–water partition coefficient (Wildman–Crippen LogP) is 4.07. The molecule has 2 heterocycles. The minimum Gasteiger partial charge on any atom is -0.485 e. The summed E-state index contributed by atoms with van der Waals surface area (Å²) in [7, 11) is 1.27. The van der Waals surface area contributed by atoms with Gasteiger partial charge < -0.3 is 14.2 Å². The minimum absolute atomic E-state index is 0.0484. The first-order chi connectivity index (χ1) is 14.9. The maximum absolute atomic E-state index is 13.2. The van der Waals surface area contributed by atoms with Crippen molar-refractivity contribution in [1.29, 1.82) is 0 Å². The molecule has 1 fully saturated rings. The van der Waals surface area contributed by atoms with Gasteiger partial charge in [-0.05, 0) is 57.6 Å². The van der Waals surface area contributed by atoms with Crippen molar-refractivity contribution in [1.82, 2.24) is 0 Å². The van der Waals surface area contributed by atoms with Crippen LogP contribution in [0.5, 0.6) is 5.75 Å². The van der Waals surface area contributed by atoms with E-state index < -0.39 is 22.6 Å². The molecule has 32 heavy (non-hydrogen) atoms. The number of aryl methyl sites for hydroxylation is 1. The van der Waals surface area contributed by atoms with Gasteiger partial charge in [-0.25, -0.2) is 9.59 Å². The molecule has 6 heteroatoms. The lowest BCUT2D eigenvalue weighted by atomic mass is 9.50. The Hall–Kier alpha value is -2.63. The van der Waals surface area contributed by atoms with Crippen LogP contribution in [0.2, 0.25) is 0 Å². The van der Waals surface area contributed by atoms with Crippen LogP contribution in [-0.2, 0) is 20.7 Å². The highest BCUT2D eigenvalue weighted by atomic mass is 16.6. The SMILES string of the molecule is COC(=O)c1c(C)cc2c(c(C)c1=O)OC1(C2)C(C)CCC2C(C)(C)OC(=O)C=CC21C. The van der Waals surface area contributed by atoms with Gasteiger partial charge in [0.15, 0.2) is 5.43 Å². The van der Waals surface area contributed by atoms with Gasteiger partial charge in [-0.2, -0.15) is 0 Å². The summed E-state index contributed by atoms with van der Waals surface area (Å²) in [5.41, 5.74) is -0.211. The van der Waals surface area contributed by atoms with E-state index in [-0.39, 0.29) is 28.8 Å². The van der Waals surface area contributed by atoms with Crippen molar-refractivity contribution in [3.63, 3.8) is 0 Å². The highest BCUT2D eigenvalue weighted by molar-refractivity contribution is 5.91. The predicted molar refractivity (Wildman–Crippen MR) is 120 cm³/mol. The third-order valence-electron chi connectivity index (χ3n) is 8.20. The first-order valence-corrected chi connectivity index (χ1v) is 11.2. The minimum atomic E-state index is -0.655. The Morgan fingerprint density at radius 1 is 1.12 bits per heavy atom. The van der Waals surface area contributed by atoms with Crippen molar-refractivity contribution >= 4 is 11.9 Å². The maximum atomic E-state index is 13.2. The molecule has 0 bridgehead atoms. The lowest BCUT2D eigenvalue weighted by Crippen LogP contribution is -2.63. The number of fused-ring (bicyclic) bond motifs is 3. The Bertz CT molecular complexity index is 1100. The molecular weight excluding hydrogens is 408 g/mol. The Kier molecular flexibility index (Phi) is 5.07. The van der Waals surface area contributed by atoms with Crippen LogP contribution in [0.3, 0.4) is 0 Å². The lowest BCUT2D eigenvalue weighted by Gasteiger charge is -2.57. The fourth-order valence-electron chi connectivity index (χ4n) is 6.52. The first kappa shape index (κ1) is 22.6. The Morgan fingerprint density at radius 3 is 2.47 bits per heavy atom. The van der Waals surface area contributed by atoms with Gasteiger partial charge in [0.05, 0.1) is 7.11 Å². The Balaban J connectivity index is 1.93. The summed E-state index contributed by atoms with van der Waals surface area (Å²) < 4.78 is 17.5. The molecule has 0 aromatic heterocycles. The van der Waals surface area contributed by atoms with Crippen molar-refractivity contribution in [2.75, 3.05) is 7.11 Å². The Morgan fingerprint density at radius 2 is 1.81 bits per heavy atom. The highest BCUT2D eigenvalue weighted by Crippen LogP contribution is 2.61. The van der Waals surface area contributed by atoms with E-state index in [1.165, 1.54) is 13.2 Å². The zero-order valence-electron chi connectivity index (χ0n) is 20.0. The number of rotatable bonds is 1. The average molecular weight is 441 g/mol. The second kappa shape index (κ2) is 7.19. The standard InChI is InChI=1S/C26H32O6/c1-14-12-17-13-26(32-22(17)16(3)21(28)20(14)23(29)30-7)15(2)8-9-18-24(4,5)31-19(27)10-11-25(18,26)6/h10-12,15,18H,8-9,13H2,1-7H3. The summed E-state index contributed by atoms with van der Waals surface area (Å²) in [6.45, 7) is 11.7. The molecule has 2 aliphatic heterocycles. The van der Waals surface area contributed by atoms with Crippen LogP contribution in [-0.4, -0.2) is 30.3 Å². The number of esters is 2. The molecule has 0 saturated heterocycles. The molecule has 1 aromatic rings. The van der Waals surface area contributed by atoms with Crippen LogP contribution in [0.4, 0.5) is 0 Å². The number of ether oxygens (including phenoxy) is 3. The van der Waals surface area contributed by atoms with Crippen LogP contribution in [0.25, 0.3) is 0 Å². The Labute approximate surface area is 188 Å². The lowest BCUT2D eigenvalue weighted by molar-refractivity contribution is -0.181. The van der Waals surface area contributed by atoms with E-state index in [0.29, 0.717) is 23.3 Å². The molecule has 4 unspecified atom stereocenters. The van der Waals surface area contributed by atoms with Crippen LogP contribution >= 0.6 is 0 Å². The van der Waals surface area contributed by atoms with Gasteiger partial charge in [0.1, 0.15) is 22.5 Å². The van der Waals surface area contributed by atoms with E-state index in [4.69, 9.17) is 14.2 Å². The smallest absolute Gasteiger partial charge is 0.342 e. The van der Waals surface area contributed by atoms with Gasteiger partial charge in [0.25, 0.3) is 0 Å². The first-order valence-electron chi connectivity index (χ1n) is 11.2. The molecule has 3 aliphatic rings. The van der Waals surface area contributed by atoms with Crippen molar-refractivity contribution in [2.45, 2.75) is 72.0 Å². The van der Waals surface area contributed by atoms with Gasteiger partial charge in [0, 0.05) is 29.4 Å². The largest absolute Gasteiger partial charge is 0.485 e. The summed E-state index contributed by atoms with van der Waals surface area (Å²) in [5.74, 6) is -0.196. The summed E-state index contributed by atoms with van der Waals surface area (Å²) in [6, 6.07) is 1.89. The van der Waals surface area contributed by atoms with Crippen molar-refractivity contribution in [3.8, 4) is 5.75 Å². The number of carbonyl (C=O) groups excluding carboxylic acids is 2. The monoisotopic (exact) mass is 440 g/mol. The molecule has 4 rings (SSSR count). The molecule has 1 aromatic carbocycles. The van der Waals surface area contributed by atoms with Crippen LogP contribution in [0, 0.1) is 31.1 Å². The fraction of sp³-hybridized carbons (Fsp3) is 0.577. The van der Waals surface area contributed by atoms with Gasteiger partial charge in [-0.3, -0.25) is 4.79 Å². The molecule has 1 aliphatic carbocycles. The van der Waals surface area contributed by atoms with E-state index in [2.05, 4.69) is 13.8 Å². The molecule has 0 radical (unpaired) electrons. The van der Waals surface area contributed by atoms with Gasteiger partial charge >= 0.3 is 11.9 Å². The summed E-state index contributed by atoms with van der Waals surface area (Å²) in [5, 5.41) is 0. The van der Waals surface area contributed by atoms with Crippen molar-refractivity contribution in [2.24, 2.45) is 17.3 Å². The fourth-order valence-corrected chi connectivity index (χ4v) is 6.52. The number of cyclic esters (lactones) is 1. The van der Waals surface area contributed by atoms with Crippen LogP contribution < -0.4 is 10.2 Å². The third-order valence-corrected chi connectivity index (χ3v) is 8.20. The van der Waals surface area contributed by atoms with Crippen molar-refractivity contribution < 1.29 is 23.8 Å². The zero-order chi connectivity index (χ0) is 23.6. The summed E-state index contributed by atoms with van der Waals surface area (Å²) in [6.07, 6.45) is 5.91. The molecule has 1 spiro atoms. The molecule has 4 atom stereocenters. The number of methoxy groups -OCH3 is 1. The second-order valence-corrected chi connectivity index (χ2v) is 10.3. The maximum Gasteiger partial charge on any atom is 0.342 e. The quantitative estimate of drug-likeness (QED) is 0.613. The number of carbonyl (C=O) groups is 2. The number of hydrogen-bond donors (Lipinski definition) is 0. The molecule has 1 saturated carbocycles. The average Bonchev–Trinajstić information content (AvgIpc) is 3.02. The normalized spacial score (nSPS) is 32.4. The summed E-state index contributed by atoms with van der Waals surface area (Å²) in [4.78, 5) is 37.9. The van der Waals surface area contributed by atoms with E-state index in [0.717, 1.165) is 18.4 Å². The molecular formula is C26H32O6.